The van der Waals surface area contributed by atoms with Crippen LogP contribution in [-0.4, -0.2) is 32.7 Å². The van der Waals surface area contributed by atoms with Gasteiger partial charge in [0.15, 0.2) is 0 Å². The number of rotatable bonds is 7. The van der Waals surface area contributed by atoms with Gasteiger partial charge in [0.2, 0.25) is 10.0 Å². The van der Waals surface area contributed by atoms with E-state index in [1.807, 2.05) is 6.92 Å². The lowest BCUT2D eigenvalue weighted by Crippen LogP contribution is -2.23. The minimum absolute atomic E-state index is 0.0568. The van der Waals surface area contributed by atoms with Crippen molar-refractivity contribution in [2.45, 2.75) is 25.3 Å². The van der Waals surface area contributed by atoms with Gasteiger partial charge in [0.25, 0.3) is 0 Å². The summed E-state index contributed by atoms with van der Waals surface area (Å²) >= 11 is 0. The maximum absolute atomic E-state index is 12.6. The summed E-state index contributed by atoms with van der Waals surface area (Å²) in [7, 11) is -0.892. The zero-order valence-electron chi connectivity index (χ0n) is 14.7. The van der Waals surface area contributed by atoms with Crippen LogP contribution in [0.5, 0.6) is 5.75 Å². The largest absolute Gasteiger partial charge is 0.494 e. The number of carbonyl (C=O) groups is 1. The van der Waals surface area contributed by atoms with Crippen molar-refractivity contribution >= 4 is 16.0 Å². The van der Waals surface area contributed by atoms with E-state index < -0.39 is 16.0 Å². The number of methoxy groups -OCH3 is 1. The summed E-state index contributed by atoms with van der Waals surface area (Å²) in [6.45, 7) is 4.24. The summed E-state index contributed by atoms with van der Waals surface area (Å²) in [5, 5.41) is 0. The summed E-state index contributed by atoms with van der Waals surface area (Å²) in [5.74, 6) is 0.147. The van der Waals surface area contributed by atoms with Gasteiger partial charge >= 0.3 is 5.97 Å². The number of benzene rings is 1. The Kier molecular flexibility index (Phi) is 5.86. The molecule has 0 aliphatic heterocycles. The topological polar surface area (TPSA) is 86.6 Å². The van der Waals surface area contributed by atoms with E-state index in [1.54, 1.807) is 38.2 Å². The van der Waals surface area contributed by atoms with Crippen LogP contribution in [0, 0.1) is 6.92 Å². The molecule has 25 heavy (non-hydrogen) atoms. The Balaban J connectivity index is 2.18. The van der Waals surface area contributed by atoms with Crippen LogP contribution in [0.2, 0.25) is 0 Å². The Hall–Kier alpha value is -2.32. The molecule has 0 aliphatic rings. The SMILES string of the molecule is CCOc1ccc(CNS(=O)(=O)c2cc(C(=O)OC)n(C)c2C)cc1. The lowest BCUT2D eigenvalue weighted by Gasteiger charge is -2.08. The highest BCUT2D eigenvalue weighted by Crippen LogP contribution is 2.20. The summed E-state index contributed by atoms with van der Waals surface area (Å²) in [4.78, 5) is 11.8. The first-order valence-corrected chi connectivity index (χ1v) is 9.24. The molecule has 1 heterocycles. The van der Waals surface area contributed by atoms with Crippen molar-refractivity contribution in [2.75, 3.05) is 13.7 Å². The Bertz CT molecular complexity index is 854. The molecule has 1 N–H and O–H groups in total. The van der Waals surface area contributed by atoms with Crippen LogP contribution in [0.25, 0.3) is 0 Å². The minimum atomic E-state index is -3.76. The van der Waals surface area contributed by atoms with E-state index in [2.05, 4.69) is 9.46 Å². The monoisotopic (exact) mass is 366 g/mol. The van der Waals surface area contributed by atoms with Crippen molar-refractivity contribution in [1.82, 2.24) is 9.29 Å². The summed E-state index contributed by atoms with van der Waals surface area (Å²) in [5.41, 5.74) is 1.44. The van der Waals surface area contributed by atoms with Gasteiger partial charge in [-0.05, 0) is 37.6 Å². The molecule has 1 aromatic heterocycles. The van der Waals surface area contributed by atoms with Crippen LogP contribution < -0.4 is 9.46 Å². The number of nitrogens with zero attached hydrogens (tertiary/aromatic N) is 1. The first kappa shape index (κ1) is 19.0. The highest BCUT2D eigenvalue weighted by Gasteiger charge is 2.24. The fourth-order valence-electron chi connectivity index (χ4n) is 2.37. The van der Waals surface area contributed by atoms with Crippen LogP contribution in [-0.2, 0) is 28.4 Å². The number of hydrogen-bond acceptors (Lipinski definition) is 5. The van der Waals surface area contributed by atoms with Crippen molar-refractivity contribution in [2.24, 2.45) is 7.05 Å². The molecule has 8 heteroatoms. The Morgan fingerprint density at radius 2 is 1.88 bits per heavy atom. The fourth-order valence-corrected chi connectivity index (χ4v) is 3.67. The molecule has 0 saturated heterocycles. The third-order valence-corrected chi connectivity index (χ3v) is 5.39. The summed E-state index contributed by atoms with van der Waals surface area (Å²) in [6.07, 6.45) is 0. The molecule has 0 amide bonds. The number of sulfonamides is 1. The molecular formula is C17H22N2O5S. The van der Waals surface area contributed by atoms with Gasteiger partial charge < -0.3 is 14.0 Å². The van der Waals surface area contributed by atoms with Gasteiger partial charge in [-0.25, -0.2) is 17.9 Å². The minimum Gasteiger partial charge on any atom is -0.494 e. The van der Waals surface area contributed by atoms with Gasteiger partial charge in [-0.15, -0.1) is 0 Å². The number of hydrogen-bond donors (Lipinski definition) is 1. The Morgan fingerprint density at radius 1 is 1.24 bits per heavy atom. The summed E-state index contributed by atoms with van der Waals surface area (Å²) in [6, 6.07) is 8.49. The van der Waals surface area contributed by atoms with E-state index in [4.69, 9.17) is 4.74 Å². The molecule has 136 valence electrons. The van der Waals surface area contributed by atoms with Gasteiger partial charge in [-0.2, -0.15) is 0 Å². The molecule has 0 saturated carbocycles. The molecule has 0 spiro atoms. The Labute approximate surface area is 147 Å². The first-order chi connectivity index (χ1) is 11.8. The quantitative estimate of drug-likeness (QED) is 0.758. The van der Waals surface area contributed by atoms with Crippen LogP contribution in [0.3, 0.4) is 0 Å². The maximum Gasteiger partial charge on any atom is 0.354 e. The van der Waals surface area contributed by atoms with Crippen LogP contribution in [0.4, 0.5) is 0 Å². The molecule has 0 unspecified atom stereocenters. The number of esters is 1. The fraction of sp³-hybridized carbons (Fsp3) is 0.353. The standard InChI is InChI=1S/C17H22N2O5S/c1-5-24-14-8-6-13(7-9-14)11-18-25(21,22)16-10-15(17(20)23-4)19(3)12(16)2/h6-10,18H,5,11H2,1-4H3. The predicted octanol–water partition coefficient (Wildman–Crippen LogP) is 2.00. The average molecular weight is 366 g/mol. The number of ether oxygens (including phenoxy) is 2. The number of aromatic nitrogens is 1. The van der Waals surface area contributed by atoms with Gasteiger partial charge in [-0.3, -0.25) is 0 Å². The van der Waals surface area contributed by atoms with E-state index in [0.29, 0.717) is 12.3 Å². The third-order valence-electron chi connectivity index (χ3n) is 3.87. The van der Waals surface area contributed by atoms with E-state index >= 15 is 0 Å². The van der Waals surface area contributed by atoms with Crippen molar-refractivity contribution < 1.29 is 22.7 Å². The zero-order valence-corrected chi connectivity index (χ0v) is 15.5. The zero-order chi connectivity index (χ0) is 18.6. The molecule has 2 rings (SSSR count). The van der Waals surface area contributed by atoms with E-state index in [0.717, 1.165) is 11.3 Å². The van der Waals surface area contributed by atoms with Gasteiger partial charge in [0.1, 0.15) is 16.3 Å². The molecule has 0 fully saturated rings. The number of carbonyl (C=O) groups excluding carboxylic acids is 1. The Morgan fingerprint density at radius 3 is 2.44 bits per heavy atom. The smallest absolute Gasteiger partial charge is 0.354 e. The molecule has 0 radical (unpaired) electrons. The van der Waals surface area contributed by atoms with Gasteiger partial charge in [0.05, 0.1) is 13.7 Å². The van der Waals surface area contributed by atoms with Crippen molar-refractivity contribution in [3.05, 3.63) is 47.3 Å². The highest BCUT2D eigenvalue weighted by molar-refractivity contribution is 7.89. The highest BCUT2D eigenvalue weighted by atomic mass is 32.2. The lowest BCUT2D eigenvalue weighted by atomic mass is 10.2. The van der Waals surface area contributed by atoms with E-state index in [-0.39, 0.29) is 17.1 Å². The second kappa shape index (κ2) is 7.71. The predicted molar refractivity (Wildman–Crippen MR) is 93.1 cm³/mol. The molecule has 0 aliphatic carbocycles. The normalized spacial score (nSPS) is 11.4. The molecule has 7 nitrogen and oxygen atoms in total. The molecule has 0 atom stereocenters. The van der Waals surface area contributed by atoms with Crippen molar-refractivity contribution in [1.29, 1.82) is 0 Å². The first-order valence-electron chi connectivity index (χ1n) is 7.76. The van der Waals surface area contributed by atoms with Gasteiger partial charge in [0, 0.05) is 19.3 Å². The summed E-state index contributed by atoms with van der Waals surface area (Å²) < 4.78 is 39.2. The van der Waals surface area contributed by atoms with E-state index in [1.165, 1.54) is 17.7 Å². The number of nitrogens with one attached hydrogen (secondary N) is 1. The van der Waals surface area contributed by atoms with Crippen LogP contribution in [0.1, 0.15) is 28.7 Å². The second-order valence-electron chi connectivity index (χ2n) is 5.43. The van der Waals surface area contributed by atoms with Crippen molar-refractivity contribution in [3.63, 3.8) is 0 Å². The van der Waals surface area contributed by atoms with E-state index in [9.17, 15) is 13.2 Å². The van der Waals surface area contributed by atoms with Crippen LogP contribution in [0.15, 0.2) is 35.2 Å². The third kappa shape index (κ3) is 4.21. The van der Waals surface area contributed by atoms with Gasteiger partial charge in [-0.1, -0.05) is 12.1 Å². The lowest BCUT2D eigenvalue weighted by molar-refractivity contribution is 0.0589. The molecular weight excluding hydrogens is 344 g/mol. The molecule has 1 aromatic carbocycles. The molecule has 2 aromatic rings. The van der Waals surface area contributed by atoms with Crippen LogP contribution >= 0.6 is 0 Å². The maximum atomic E-state index is 12.6. The average Bonchev–Trinajstić information content (AvgIpc) is 2.90. The molecule has 0 bridgehead atoms. The second-order valence-corrected chi connectivity index (χ2v) is 7.17. The van der Waals surface area contributed by atoms with Crippen molar-refractivity contribution in [3.8, 4) is 5.75 Å².